The molecule has 0 saturated heterocycles. The molecule has 0 unspecified atom stereocenters. The van der Waals surface area contributed by atoms with Gasteiger partial charge in [0.05, 0.1) is 6.20 Å². The molecule has 0 aliphatic carbocycles. The summed E-state index contributed by atoms with van der Waals surface area (Å²) >= 11 is 5.83. The van der Waals surface area contributed by atoms with Crippen molar-refractivity contribution in [3.8, 4) is 6.07 Å². The lowest BCUT2D eigenvalue weighted by Gasteiger charge is -2.07. The molecule has 0 aliphatic heterocycles. The zero-order valence-electron chi connectivity index (χ0n) is 9.27. The van der Waals surface area contributed by atoms with Crippen molar-refractivity contribution in [1.29, 1.82) is 5.26 Å². The molecule has 0 atom stereocenters. The lowest BCUT2D eigenvalue weighted by molar-refractivity contribution is 0.775. The fraction of sp³-hybridized carbons (Fsp3) is 0.200. The van der Waals surface area contributed by atoms with E-state index in [1.807, 2.05) is 6.07 Å². The predicted molar refractivity (Wildman–Crippen MR) is 63.0 cm³/mol. The highest BCUT2D eigenvalue weighted by Gasteiger charge is 2.09. The van der Waals surface area contributed by atoms with E-state index in [-0.39, 0.29) is 0 Å². The highest BCUT2D eigenvalue weighted by molar-refractivity contribution is 6.29. The van der Waals surface area contributed by atoms with E-state index in [1.165, 1.54) is 6.20 Å². The summed E-state index contributed by atoms with van der Waals surface area (Å²) in [5.41, 5.74) is 0.444. The second-order valence-corrected chi connectivity index (χ2v) is 3.78. The molecule has 0 radical (unpaired) electrons. The summed E-state index contributed by atoms with van der Waals surface area (Å²) in [5.74, 6) is 1.66. The van der Waals surface area contributed by atoms with Crippen LogP contribution in [0.3, 0.4) is 0 Å². The molecular weight excluding hydrogens is 240 g/mol. The number of halogens is 1. The maximum absolute atomic E-state index is 8.92. The van der Waals surface area contributed by atoms with E-state index in [0.717, 1.165) is 0 Å². The number of aryl methyl sites for hydroxylation is 2. The van der Waals surface area contributed by atoms with Crippen LogP contribution < -0.4 is 5.32 Å². The van der Waals surface area contributed by atoms with Crippen molar-refractivity contribution >= 4 is 23.2 Å². The Morgan fingerprint density at radius 2 is 2.24 bits per heavy atom. The van der Waals surface area contributed by atoms with E-state index in [0.29, 0.717) is 28.2 Å². The lowest BCUT2D eigenvalue weighted by atomic mass is 10.3. The summed E-state index contributed by atoms with van der Waals surface area (Å²) in [6.45, 7) is 1.74. The largest absolute Gasteiger partial charge is 0.324 e. The van der Waals surface area contributed by atoms with Crippen molar-refractivity contribution in [2.75, 3.05) is 5.32 Å². The van der Waals surface area contributed by atoms with Gasteiger partial charge in [-0.3, -0.25) is 4.68 Å². The van der Waals surface area contributed by atoms with Gasteiger partial charge < -0.3 is 5.32 Å². The molecule has 6 nitrogen and oxygen atoms in total. The second kappa shape index (κ2) is 4.39. The monoisotopic (exact) mass is 248 g/mol. The van der Waals surface area contributed by atoms with Crippen LogP contribution in [0.1, 0.15) is 11.4 Å². The minimum Gasteiger partial charge on any atom is -0.324 e. The molecule has 7 heteroatoms. The van der Waals surface area contributed by atoms with Crippen LogP contribution in [0.4, 0.5) is 11.6 Å². The van der Waals surface area contributed by atoms with E-state index >= 15 is 0 Å². The van der Waals surface area contributed by atoms with Gasteiger partial charge in [0.2, 0.25) is 0 Å². The molecule has 0 amide bonds. The number of nitrogens with one attached hydrogen (secondary N) is 1. The van der Waals surface area contributed by atoms with Crippen LogP contribution >= 0.6 is 11.6 Å². The van der Waals surface area contributed by atoms with E-state index in [1.54, 1.807) is 24.7 Å². The molecule has 0 fully saturated rings. The minimum atomic E-state index is 0.348. The molecule has 0 bridgehead atoms. The third-order valence-electron chi connectivity index (χ3n) is 2.11. The third-order valence-corrected chi connectivity index (χ3v) is 2.31. The Hall–Kier alpha value is -2.13. The Kier molecular flexibility index (Phi) is 2.93. The van der Waals surface area contributed by atoms with Crippen molar-refractivity contribution in [2.45, 2.75) is 6.92 Å². The summed E-state index contributed by atoms with van der Waals surface area (Å²) in [7, 11) is 1.73. The number of anilines is 2. The quantitative estimate of drug-likeness (QED) is 0.820. The number of nitriles is 1. The summed E-state index contributed by atoms with van der Waals surface area (Å²) in [5, 5.41) is 16.2. The first-order valence-electron chi connectivity index (χ1n) is 4.80. The second-order valence-electron chi connectivity index (χ2n) is 3.39. The number of hydrogen-bond donors (Lipinski definition) is 1. The molecule has 2 heterocycles. The van der Waals surface area contributed by atoms with E-state index < -0.39 is 0 Å². The van der Waals surface area contributed by atoms with Crippen molar-refractivity contribution in [2.24, 2.45) is 7.05 Å². The first kappa shape index (κ1) is 11.4. The molecule has 2 aromatic heterocycles. The van der Waals surface area contributed by atoms with Gasteiger partial charge in [-0.15, -0.1) is 0 Å². The highest BCUT2D eigenvalue weighted by Crippen LogP contribution is 2.19. The Balaban J connectivity index is 2.38. The Morgan fingerprint density at radius 3 is 2.88 bits per heavy atom. The van der Waals surface area contributed by atoms with Crippen molar-refractivity contribution in [3.05, 3.63) is 28.8 Å². The molecule has 0 spiro atoms. The maximum Gasteiger partial charge on any atom is 0.147 e. The third kappa shape index (κ3) is 2.34. The summed E-state index contributed by atoms with van der Waals surface area (Å²) in [6, 6.07) is 3.63. The van der Waals surface area contributed by atoms with Gasteiger partial charge in [0.1, 0.15) is 34.2 Å². The topological polar surface area (TPSA) is 79.4 Å². The summed E-state index contributed by atoms with van der Waals surface area (Å²) in [6.07, 6.45) is 1.48. The van der Waals surface area contributed by atoms with Gasteiger partial charge in [0.15, 0.2) is 0 Å². The van der Waals surface area contributed by atoms with Gasteiger partial charge in [-0.2, -0.15) is 10.4 Å². The van der Waals surface area contributed by atoms with Crippen LogP contribution in [-0.4, -0.2) is 19.7 Å². The van der Waals surface area contributed by atoms with Gasteiger partial charge in [0.25, 0.3) is 0 Å². The SMILES string of the molecule is Cc1nc(Cl)cc(Nc2c(C#N)cnn2C)n1. The van der Waals surface area contributed by atoms with Gasteiger partial charge >= 0.3 is 0 Å². The molecule has 86 valence electrons. The smallest absolute Gasteiger partial charge is 0.147 e. The molecule has 2 aromatic rings. The lowest BCUT2D eigenvalue weighted by Crippen LogP contribution is -2.03. The van der Waals surface area contributed by atoms with E-state index in [9.17, 15) is 0 Å². The maximum atomic E-state index is 8.92. The summed E-state index contributed by atoms with van der Waals surface area (Å²) in [4.78, 5) is 8.12. The van der Waals surface area contributed by atoms with Gasteiger partial charge in [0, 0.05) is 13.1 Å². The number of hydrogen-bond acceptors (Lipinski definition) is 5. The van der Waals surface area contributed by atoms with E-state index in [2.05, 4.69) is 20.4 Å². The summed E-state index contributed by atoms with van der Waals surface area (Å²) < 4.78 is 1.56. The van der Waals surface area contributed by atoms with Gasteiger partial charge in [-0.25, -0.2) is 9.97 Å². The van der Waals surface area contributed by atoms with Crippen molar-refractivity contribution in [1.82, 2.24) is 19.7 Å². The Bertz CT molecular complexity index is 577. The van der Waals surface area contributed by atoms with Crippen LogP contribution in [0.25, 0.3) is 0 Å². The van der Waals surface area contributed by atoms with Gasteiger partial charge in [-0.05, 0) is 6.92 Å². The average Bonchev–Trinajstić information content (AvgIpc) is 2.59. The molecule has 0 aliphatic rings. The molecule has 2 rings (SSSR count). The first-order chi connectivity index (χ1) is 8.10. The zero-order chi connectivity index (χ0) is 12.4. The van der Waals surface area contributed by atoms with Crippen LogP contribution in [0.2, 0.25) is 5.15 Å². The highest BCUT2D eigenvalue weighted by atomic mass is 35.5. The Labute approximate surface area is 103 Å². The average molecular weight is 249 g/mol. The number of rotatable bonds is 2. The van der Waals surface area contributed by atoms with Gasteiger partial charge in [-0.1, -0.05) is 11.6 Å². The zero-order valence-corrected chi connectivity index (χ0v) is 10.0. The standard InChI is InChI=1S/C10H9ClN6/c1-6-14-8(11)3-9(15-6)16-10-7(4-12)5-13-17(10)2/h3,5H,1-2H3,(H,14,15,16). The Morgan fingerprint density at radius 1 is 1.47 bits per heavy atom. The normalized spacial score (nSPS) is 10.0. The van der Waals surface area contributed by atoms with Crippen molar-refractivity contribution < 1.29 is 0 Å². The molecule has 1 N–H and O–H groups in total. The van der Waals surface area contributed by atoms with Crippen molar-refractivity contribution in [3.63, 3.8) is 0 Å². The number of nitrogens with zero attached hydrogens (tertiary/aromatic N) is 5. The molecule has 0 aromatic carbocycles. The van der Waals surface area contributed by atoms with Crippen LogP contribution in [0, 0.1) is 18.3 Å². The van der Waals surface area contributed by atoms with Crippen LogP contribution in [0.5, 0.6) is 0 Å². The molecule has 0 saturated carbocycles. The minimum absolute atomic E-state index is 0.348. The molecular formula is C10H9ClN6. The van der Waals surface area contributed by atoms with Crippen LogP contribution in [0.15, 0.2) is 12.3 Å². The van der Waals surface area contributed by atoms with E-state index in [4.69, 9.17) is 16.9 Å². The van der Waals surface area contributed by atoms with Crippen LogP contribution in [-0.2, 0) is 7.05 Å². The predicted octanol–water partition coefficient (Wildman–Crippen LogP) is 1.79. The fourth-order valence-corrected chi connectivity index (χ4v) is 1.61. The fourth-order valence-electron chi connectivity index (χ4n) is 1.38. The molecule has 17 heavy (non-hydrogen) atoms. The first-order valence-corrected chi connectivity index (χ1v) is 5.18. The number of aromatic nitrogens is 4.